The van der Waals surface area contributed by atoms with E-state index in [1.165, 1.54) is 0 Å². The predicted octanol–water partition coefficient (Wildman–Crippen LogP) is 1.08. The van der Waals surface area contributed by atoms with Crippen LogP contribution in [-0.2, 0) is 0 Å². The Hall–Kier alpha value is -0.343. The first-order valence-corrected chi connectivity index (χ1v) is 5.02. The van der Waals surface area contributed by atoms with Crippen molar-refractivity contribution >= 4 is 8.80 Å². The van der Waals surface area contributed by atoms with Gasteiger partial charge in [-0.3, -0.25) is 0 Å². The largest absolute Gasteiger partial charge is 0.319 e. The van der Waals surface area contributed by atoms with Crippen LogP contribution in [0.15, 0.2) is 24.6 Å². The van der Waals surface area contributed by atoms with Gasteiger partial charge in [-0.05, 0) is 12.7 Å². The van der Waals surface area contributed by atoms with E-state index in [-0.39, 0.29) is 0 Å². The molecule has 0 atom stereocenters. The topological polar surface area (TPSA) is 12.0 Å². The lowest BCUT2D eigenvalue weighted by Gasteiger charge is -2.02. The molecule has 0 rings (SSSR count). The molecule has 9 heavy (non-hydrogen) atoms. The van der Waals surface area contributed by atoms with Gasteiger partial charge in [0.25, 0.3) is 0 Å². The van der Waals surface area contributed by atoms with Crippen LogP contribution in [0, 0.1) is 0 Å². The molecule has 0 aromatic carbocycles. The fourth-order valence-electron chi connectivity index (χ4n) is 0.497. The van der Waals surface area contributed by atoms with E-state index in [2.05, 4.69) is 25.4 Å². The van der Waals surface area contributed by atoms with Crippen molar-refractivity contribution in [3.63, 3.8) is 0 Å². The standard InChI is InChI=1S/C7H14NSi/c1-4-8-7-9(5-2)6-3/h5-6,8H,2-4,7H2,1H3. The molecule has 0 aliphatic carbocycles. The third kappa shape index (κ3) is 4.18. The van der Waals surface area contributed by atoms with Gasteiger partial charge >= 0.3 is 0 Å². The summed E-state index contributed by atoms with van der Waals surface area (Å²) >= 11 is 0. The van der Waals surface area contributed by atoms with Gasteiger partial charge in [0.05, 0.1) is 0 Å². The lowest BCUT2D eigenvalue weighted by Crippen LogP contribution is -2.27. The maximum Gasteiger partial charge on any atom is 0.117 e. The minimum atomic E-state index is -0.469. The highest BCUT2D eigenvalue weighted by molar-refractivity contribution is 6.69. The molecular formula is C7H14NSi. The average molecular weight is 140 g/mol. The molecule has 0 aromatic rings. The Morgan fingerprint density at radius 2 is 2.00 bits per heavy atom. The smallest absolute Gasteiger partial charge is 0.117 e. The Morgan fingerprint density at radius 1 is 1.44 bits per heavy atom. The molecular weight excluding hydrogens is 126 g/mol. The Balaban J connectivity index is 3.30. The van der Waals surface area contributed by atoms with Gasteiger partial charge < -0.3 is 5.32 Å². The fraction of sp³-hybridized carbons (Fsp3) is 0.429. The highest BCUT2D eigenvalue weighted by Gasteiger charge is 1.97. The average Bonchev–Trinajstić information content (AvgIpc) is 1.91. The number of hydrogen-bond donors (Lipinski definition) is 1. The van der Waals surface area contributed by atoms with Crippen molar-refractivity contribution in [2.45, 2.75) is 6.92 Å². The Labute approximate surface area is 59.1 Å². The summed E-state index contributed by atoms with van der Waals surface area (Å²) in [5, 5.41) is 3.25. The van der Waals surface area contributed by atoms with E-state index in [1.54, 1.807) is 0 Å². The van der Waals surface area contributed by atoms with E-state index in [1.807, 2.05) is 11.4 Å². The molecule has 0 aliphatic heterocycles. The van der Waals surface area contributed by atoms with Crippen molar-refractivity contribution in [2.75, 3.05) is 12.7 Å². The lowest BCUT2D eigenvalue weighted by molar-refractivity contribution is 0.828. The minimum absolute atomic E-state index is 0.469. The fourth-order valence-corrected chi connectivity index (χ4v) is 1.49. The van der Waals surface area contributed by atoms with Crippen LogP contribution < -0.4 is 5.32 Å². The minimum Gasteiger partial charge on any atom is -0.319 e. The maximum atomic E-state index is 3.72. The van der Waals surface area contributed by atoms with Gasteiger partial charge in [0, 0.05) is 0 Å². The summed E-state index contributed by atoms with van der Waals surface area (Å²) in [5.41, 5.74) is 4.00. The molecule has 0 amide bonds. The second kappa shape index (κ2) is 5.79. The molecule has 0 bridgehead atoms. The van der Waals surface area contributed by atoms with Crippen LogP contribution in [0.25, 0.3) is 0 Å². The summed E-state index contributed by atoms with van der Waals surface area (Å²) in [6.45, 7) is 10.6. The zero-order valence-corrected chi connectivity index (χ0v) is 6.98. The third-order valence-electron chi connectivity index (χ3n) is 1.10. The Morgan fingerprint density at radius 3 is 2.33 bits per heavy atom. The van der Waals surface area contributed by atoms with Gasteiger partial charge in [-0.2, -0.15) is 0 Å². The molecule has 1 radical (unpaired) electrons. The van der Waals surface area contributed by atoms with Crippen LogP contribution in [0.4, 0.5) is 0 Å². The van der Waals surface area contributed by atoms with Crippen LogP contribution in [0.2, 0.25) is 0 Å². The summed E-state index contributed by atoms with van der Waals surface area (Å²) < 4.78 is 0. The molecule has 0 fully saturated rings. The quantitative estimate of drug-likeness (QED) is 0.563. The van der Waals surface area contributed by atoms with E-state index in [0.29, 0.717) is 0 Å². The summed E-state index contributed by atoms with van der Waals surface area (Å²) in [6, 6.07) is 0. The summed E-state index contributed by atoms with van der Waals surface area (Å²) in [5.74, 6) is 0. The van der Waals surface area contributed by atoms with Crippen LogP contribution in [0.1, 0.15) is 6.92 Å². The maximum absolute atomic E-state index is 3.72. The first-order chi connectivity index (χ1) is 4.35. The predicted molar refractivity (Wildman–Crippen MR) is 44.7 cm³/mol. The van der Waals surface area contributed by atoms with E-state index < -0.39 is 8.80 Å². The monoisotopic (exact) mass is 140 g/mol. The van der Waals surface area contributed by atoms with Crippen LogP contribution in [0.5, 0.6) is 0 Å². The first kappa shape index (κ1) is 8.66. The number of hydrogen-bond acceptors (Lipinski definition) is 1. The zero-order chi connectivity index (χ0) is 7.11. The van der Waals surface area contributed by atoms with Crippen LogP contribution in [-0.4, -0.2) is 21.5 Å². The van der Waals surface area contributed by atoms with E-state index in [4.69, 9.17) is 0 Å². The van der Waals surface area contributed by atoms with Gasteiger partial charge in [-0.15, -0.1) is 13.2 Å². The molecule has 2 heteroatoms. The van der Waals surface area contributed by atoms with Crippen LogP contribution >= 0.6 is 0 Å². The molecule has 0 aromatic heterocycles. The second-order valence-electron chi connectivity index (χ2n) is 1.76. The van der Waals surface area contributed by atoms with Crippen molar-refractivity contribution in [2.24, 2.45) is 0 Å². The van der Waals surface area contributed by atoms with Crippen molar-refractivity contribution < 1.29 is 0 Å². The second-order valence-corrected chi connectivity index (χ2v) is 4.08. The molecule has 51 valence electrons. The zero-order valence-electron chi connectivity index (χ0n) is 5.98. The number of rotatable bonds is 5. The lowest BCUT2D eigenvalue weighted by atomic mass is 10.8. The summed E-state index contributed by atoms with van der Waals surface area (Å²) in [6.07, 6.45) is 1.06. The highest BCUT2D eigenvalue weighted by atomic mass is 28.3. The molecule has 0 aliphatic rings. The normalized spacial score (nSPS) is 9.56. The van der Waals surface area contributed by atoms with Gasteiger partial charge in [-0.25, -0.2) is 0 Å². The first-order valence-electron chi connectivity index (χ1n) is 3.16. The van der Waals surface area contributed by atoms with Gasteiger partial charge in [-0.1, -0.05) is 18.3 Å². The van der Waals surface area contributed by atoms with Crippen molar-refractivity contribution in [1.82, 2.24) is 5.32 Å². The third-order valence-corrected chi connectivity index (χ3v) is 2.81. The van der Waals surface area contributed by atoms with Gasteiger partial charge in [0.15, 0.2) is 0 Å². The van der Waals surface area contributed by atoms with E-state index in [0.717, 1.165) is 12.7 Å². The molecule has 0 spiro atoms. The van der Waals surface area contributed by atoms with Crippen molar-refractivity contribution in [1.29, 1.82) is 0 Å². The molecule has 1 N–H and O–H groups in total. The molecule has 0 saturated carbocycles. The van der Waals surface area contributed by atoms with E-state index >= 15 is 0 Å². The van der Waals surface area contributed by atoms with Crippen molar-refractivity contribution in [3.05, 3.63) is 24.6 Å². The van der Waals surface area contributed by atoms with Gasteiger partial charge in [0.1, 0.15) is 8.80 Å². The summed E-state index contributed by atoms with van der Waals surface area (Å²) in [7, 11) is -0.469. The van der Waals surface area contributed by atoms with Crippen molar-refractivity contribution in [3.8, 4) is 0 Å². The molecule has 1 nitrogen and oxygen atoms in total. The Bertz CT molecular complexity index is 82.9. The molecule has 0 heterocycles. The number of nitrogens with one attached hydrogen (secondary N) is 1. The SMILES string of the molecule is C=C[Si](C=C)CNCC. The molecule has 0 saturated heterocycles. The Kier molecular flexibility index (Phi) is 5.57. The van der Waals surface area contributed by atoms with Crippen LogP contribution in [0.3, 0.4) is 0 Å². The van der Waals surface area contributed by atoms with Gasteiger partial charge in [0.2, 0.25) is 0 Å². The molecule has 0 unspecified atom stereocenters. The summed E-state index contributed by atoms with van der Waals surface area (Å²) in [4.78, 5) is 0. The highest BCUT2D eigenvalue weighted by Crippen LogP contribution is 1.80. The van der Waals surface area contributed by atoms with E-state index in [9.17, 15) is 0 Å².